The van der Waals surface area contributed by atoms with Crippen molar-refractivity contribution in [2.75, 3.05) is 20.8 Å². The van der Waals surface area contributed by atoms with Crippen LogP contribution >= 0.6 is 0 Å². The molecule has 156 valence electrons. The van der Waals surface area contributed by atoms with Gasteiger partial charge in [-0.3, -0.25) is 0 Å². The Balaban J connectivity index is 1.46. The highest BCUT2D eigenvalue weighted by Gasteiger charge is 2.34. The van der Waals surface area contributed by atoms with Gasteiger partial charge >= 0.3 is 6.03 Å². The number of methoxy groups -OCH3 is 2. The van der Waals surface area contributed by atoms with Gasteiger partial charge in [-0.25, -0.2) is 4.79 Å². The molecule has 2 amide bonds. The molecule has 0 unspecified atom stereocenters. The Morgan fingerprint density at radius 3 is 2.90 bits per heavy atom. The van der Waals surface area contributed by atoms with Gasteiger partial charge in [0.15, 0.2) is 0 Å². The van der Waals surface area contributed by atoms with Gasteiger partial charge in [0.2, 0.25) is 11.7 Å². The fourth-order valence-electron chi connectivity index (χ4n) is 3.64. The highest BCUT2D eigenvalue weighted by atomic mass is 16.5. The summed E-state index contributed by atoms with van der Waals surface area (Å²) in [4.78, 5) is 19.1. The van der Waals surface area contributed by atoms with Crippen LogP contribution in [0, 0.1) is 0 Å². The van der Waals surface area contributed by atoms with Crippen molar-refractivity contribution >= 4 is 6.03 Å². The van der Waals surface area contributed by atoms with Crippen LogP contribution in [0.4, 0.5) is 4.79 Å². The van der Waals surface area contributed by atoms with Gasteiger partial charge in [-0.15, -0.1) is 0 Å². The second-order valence-corrected chi connectivity index (χ2v) is 7.02. The maximum absolute atomic E-state index is 12.8. The van der Waals surface area contributed by atoms with Crippen LogP contribution in [-0.2, 0) is 6.54 Å². The highest BCUT2D eigenvalue weighted by molar-refractivity contribution is 5.75. The van der Waals surface area contributed by atoms with E-state index in [4.69, 9.17) is 14.0 Å². The van der Waals surface area contributed by atoms with E-state index < -0.39 is 0 Å². The number of para-hydroxylation sites is 1. The molecule has 3 aromatic rings. The first-order valence-electron chi connectivity index (χ1n) is 9.84. The number of nitrogens with zero attached hydrogens (tertiary/aromatic N) is 3. The maximum atomic E-state index is 12.8. The van der Waals surface area contributed by atoms with E-state index in [9.17, 15) is 4.79 Å². The quantitative estimate of drug-likeness (QED) is 0.667. The topological polar surface area (TPSA) is 89.7 Å². The largest absolute Gasteiger partial charge is 0.497 e. The van der Waals surface area contributed by atoms with E-state index in [1.54, 1.807) is 19.1 Å². The Bertz CT molecular complexity index is 1020. The summed E-state index contributed by atoms with van der Waals surface area (Å²) in [5.74, 6) is 2.32. The second-order valence-electron chi connectivity index (χ2n) is 7.02. The predicted octanol–water partition coefficient (Wildman–Crippen LogP) is 3.80. The molecule has 0 saturated carbocycles. The number of urea groups is 1. The molecule has 30 heavy (non-hydrogen) atoms. The Labute approximate surface area is 174 Å². The van der Waals surface area contributed by atoms with Gasteiger partial charge < -0.3 is 24.2 Å². The Hall–Kier alpha value is -3.55. The van der Waals surface area contributed by atoms with E-state index in [2.05, 4.69) is 15.5 Å². The van der Waals surface area contributed by atoms with Crippen LogP contribution in [0.25, 0.3) is 11.4 Å². The number of aromatic nitrogens is 2. The number of carbonyl (C=O) groups is 1. The number of benzene rings is 2. The summed E-state index contributed by atoms with van der Waals surface area (Å²) in [5, 5.41) is 7.08. The molecule has 1 N–H and O–H groups in total. The Kier molecular flexibility index (Phi) is 5.83. The third-order valence-electron chi connectivity index (χ3n) is 5.17. The van der Waals surface area contributed by atoms with Crippen molar-refractivity contribution in [3.8, 4) is 22.9 Å². The molecule has 2 heterocycles. The van der Waals surface area contributed by atoms with Gasteiger partial charge in [0.1, 0.15) is 17.5 Å². The molecule has 0 aliphatic carbocycles. The first-order chi connectivity index (χ1) is 14.7. The molecular weight excluding hydrogens is 384 g/mol. The second kappa shape index (κ2) is 8.86. The lowest BCUT2D eigenvalue weighted by atomic mass is 10.2. The lowest BCUT2D eigenvalue weighted by Crippen LogP contribution is -2.39. The van der Waals surface area contributed by atoms with E-state index in [1.807, 2.05) is 48.5 Å². The number of likely N-dealkylation sites (tertiary alicyclic amines) is 1. The summed E-state index contributed by atoms with van der Waals surface area (Å²) in [5.41, 5.74) is 1.72. The van der Waals surface area contributed by atoms with Crippen molar-refractivity contribution in [3.05, 3.63) is 60.0 Å². The van der Waals surface area contributed by atoms with Crippen molar-refractivity contribution < 1.29 is 18.8 Å². The van der Waals surface area contributed by atoms with E-state index in [0.717, 1.165) is 29.7 Å². The van der Waals surface area contributed by atoms with Crippen LogP contribution in [0.5, 0.6) is 11.5 Å². The molecule has 0 radical (unpaired) electrons. The van der Waals surface area contributed by atoms with E-state index in [1.165, 1.54) is 0 Å². The average molecular weight is 408 g/mol. The Morgan fingerprint density at radius 2 is 2.07 bits per heavy atom. The summed E-state index contributed by atoms with van der Waals surface area (Å²) >= 11 is 0. The summed E-state index contributed by atoms with van der Waals surface area (Å²) in [6.45, 7) is 1.05. The molecule has 1 saturated heterocycles. The molecular formula is C22H24N4O4. The minimum atomic E-state index is -0.244. The number of amides is 2. The SMILES string of the molecule is COc1cccc(CNC(=O)N2CCC[C@@H]2c2nc(-c3ccccc3OC)no2)c1. The van der Waals surface area contributed by atoms with Gasteiger partial charge in [0.05, 0.1) is 19.8 Å². The normalized spacial score (nSPS) is 15.8. The molecule has 8 heteroatoms. The number of ether oxygens (including phenoxy) is 2. The fraction of sp³-hybridized carbons (Fsp3) is 0.318. The highest BCUT2D eigenvalue weighted by Crippen LogP contribution is 2.33. The number of hydrogen-bond acceptors (Lipinski definition) is 6. The molecule has 1 aliphatic rings. The van der Waals surface area contributed by atoms with Crippen LogP contribution < -0.4 is 14.8 Å². The van der Waals surface area contributed by atoms with Crippen LogP contribution in [-0.4, -0.2) is 41.8 Å². The maximum Gasteiger partial charge on any atom is 0.318 e. The molecule has 1 aliphatic heterocycles. The molecule has 1 fully saturated rings. The van der Waals surface area contributed by atoms with Crippen molar-refractivity contribution in [3.63, 3.8) is 0 Å². The van der Waals surface area contributed by atoms with Gasteiger partial charge in [0, 0.05) is 13.1 Å². The first kappa shape index (κ1) is 19.8. The fourth-order valence-corrected chi connectivity index (χ4v) is 3.64. The number of rotatable bonds is 6. The minimum Gasteiger partial charge on any atom is -0.497 e. The summed E-state index contributed by atoms with van der Waals surface area (Å²) in [7, 11) is 3.22. The van der Waals surface area contributed by atoms with Crippen molar-refractivity contribution in [1.29, 1.82) is 0 Å². The molecule has 2 aromatic carbocycles. The smallest absolute Gasteiger partial charge is 0.318 e. The molecule has 4 rings (SSSR count). The van der Waals surface area contributed by atoms with Crippen molar-refractivity contribution in [2.24, 2.45) is 0 Å². The van der Waals surface area contributed by atoms with Crippen LogP contribution in [0.1, 0.15) is 30.3 Å². The third kappa shape index (κ3) is 4.07. The van der Waals surface area contributed by atoms with Crippen LogP contribution in [0.15, 0.2) is 53.1 Å². The molecule has 0 spiro atoms. The predicted molar refractivity (Wildman–Crippen MR) is 110 cm³/mol. The monoisotopic (exact) mass is 408 g/mol. The average Bonchev–Trinajstić information content (AvgIpc) is 3.47. The molecule has 1 aromatic heterocycles. The number of carbonyl (C=O) groups excluding carboxylic acids is 1. The van der Waals surface area contributed by atoms with E-state index in [0.29, 0.717) is 30.6 Å². The number of nitrogens with one attached hydrogen (secondary N) is 1. The van der Waals surface area contributed by atoms with Crippen molar-refractivity contribution in [2.45, 2.75) is 25.4 Å². The van der Waals surface area contributed by atoms with Crippen LogP contribution in [0.2, 0.25) is 0 Å². The summed E-state index contributed by atoms with van der Waals surface area (Å²) in [6, 6.07) is 14.7. The minimum absolute atomic E-state index is 0.155. The zero-order valence-corrected chi connectivity index (χ0v) is 17.0. The first-order valence-corrected chi connectivity index (χ1v) is 9.84. The van der Waals surface area contributed by atoms with Crippen molar-refractivity contribution in [1.82, 2.24) is 20.4 Å². The summed E-state index contributed by atoms with van der Waals surface area (Å²) in [6.07, 6.45) is 1.66. The molecule has 0 bridgehead atoms. The number of hydrogen-bond donors (Lipinski definition) is 1. The van der Waals surface area contributed by atoms with Gasteiger partial charge in [-0.05, 0) is 42.7 Å². The van der Waals surface area contributed by atoms with E-state index in [-0.39, 0.29) is 12.1 Å². The van der Waals surface area contributed by atoms with Crippen LogP contribution in [0.3, 0.4) is 0 Å². The lowest BCUT2D eigenvalue weighted by Gasteiger charge is -2.22. The van der Waals surface area contributed by atoms with Gasteiger partial charge in [0.25, 0.3) is 0 Å². The zero-order chi connectivity index (χ0) is 20.9. The summed E-state index contributed by atoms with van der Waals surface area (Å²) < 4.78 is 16.1. The van der Waals surface area contributed by atoms with Gasteiger partial charge in [-0.1, -0.05) is 29.4 Å². The molecule has 8 nitrogen and oxygen atoms in total. The zero-order valence-electron chi connectivity index (χ0n) is 17.0. The lowest BCUT2D eigenvalue weighted by molar-refractivity contribution is 0.180. The Morgan fingerprint density at radius 1 is 1.20 bits per heavy atom. The van der Waals surface area contributed by atoms with Gasteiger partial charge in [-0.2, -0.15) is 4.98 Å². The molecule has 1 atom stereocenters. The standard InChI is InChI=1S/C22H24N4O4/c1-28-16-8-5-7-15(13-16)14-23-22(27)26-12-6-10-18(26)21-24-20(25-30-21)17-9-3-4-11-19(17)29-2/h3-5,7-9,11,13,18H,6,10,12,14H2,1-2H3,(H,23,27)/t18-/m1/s1. The van der Waals surface area contributed by atoms with E-state index >= 15 is 0 Å². The third-order valence-corrected chi connectivity index (χ3v) is 5.17.